The summed E-state index contributed by atoms with van der Waals surface area (Å²) < 4.78 is 12.5. The predicted octanol–water partition coefficient (Wildman–Crippen LogP) is 3.44. The molecule has 0 radical (unpaired) electrons. The van der Waals surface area contributed by atoms with Crippen LogP contribution in [0.3, 0.4) is 0 Å². The molecule has 0 unspecified atom stereocenters. The van der Waals surface area contributed by atoms with Gasteiger partial charge in [0, 0.05) is 23.3 Å². The Morgan fingerprint density at radius 2 is 1.74 bits per heavy atom. The van der Waals surface area contributed by atoms with E-state index in [1.54, 1.807) is 30.5 Å². The molecule has 0 fully saturated rings. The van der Waals surface area contributed by atoms with Crippen LogP contribution in [0.5, 0.6) is 11.5 Å². The molecule has 1 heterocycles. The summed E-state index contributed by atoms with van der Waals surface area (Å²) >= 11 is 0. The fraction of sp³-hybridized carbons (Fsp3) is 0.238. The van der Waals surface area contributed by atoms with E-state index in [1.165, 1.54) is 4.57 Å². The van der Waals surface area contributed by atoms with E-state index in [-0.39, 0.29) is 18.0 Å². The van der Waals surface area contributed by atoms with E-state index in [0.29, 0.717) is 35.8 Å². The van der Waals surface area contributed by atoms with Gasteiger partial charge in [-0.1, -0.05) is 18.2 Å². The summed E-state index contributed by atoms with van der Waals surface area (Å²) in [7, 11) is 0. The first-order valence-electron chi connectivity index (χ1n) is 8.90. The summed E-state index contributed by atoms with van der Waals surface area (Å²) in [4.78, 5) is 24.9. The molecule has 0 aliphatic carbocycles. The largest absolute Gasteiger partial charge is 0.490 e. The summed E-state index contributed by atoms with van der Waals surface area (Å²) in [6, 6.07) is 14.4. The minimum atomic E-state index is -0.293. The number of aromatic nitrogens is 1. The van der Waals surface area contributed by atoms with Gasteiger partial charge in [-0.3, -0.25) is 9.59 Å². The first-order chi connectivity index (χ1) is 13.1. The summed E-state index contributed by atoms with van der Waals surface area (Å²) in [6.07, 6.45) is 1.63. The number of carbonyl (C=O) groups is 1. The lowest BCUT2D eigenvalue weighted by molar-refractivity contribution is -0.116. The first kappa shape index (κ1) is 18.5. The minimum absolute atomic E-state index is 0.0686. The van der Waals surface area contributed by atoms with E-state index < -0.39 is 0 Å². The number of ether oxygens (including phenoxy) is 2. The molecule has 6 heteroatoms. The van der Waals surface area contributed by atoms with Gasteiger partial charge < -0.3 is 19.4 Å². The van der Waals surface area contributed by atoms with Gasteiger partial charge >= 0.3 is 0 Å². The fourth-order valence-corrected chi connectivity index (χ4v) is 2.84. The fourth-order valence-electron chi connectivity index (χ4n) is 2.84. The molecule has 0 saturated carbocycles. The molecule has 1 amide bonds. The molecule has 0 bridgehead atoms. The summed E-state index contributed by atoms with van der Waals surface area (Å²) in [5, 5.41) is 4.24. The van der Waals surface area contributed by atoms with Crippen LogP contribution in [-0.4, -0.2) is 23.7 Å². The third kappa shape index (κ3) is 4.28. The van der Waals surface area contributed by atoms with Crippen LogP contribution in [0.2, 0.25) is 0 Å². The monoisotopic (exact) mass is 366 g/mol. The number of benzene rings is 2. The third-order valence-corrected chi connectivity index (χ3v) is 4.03. The Morgan fingerprint density at radius 1 is 1.00 bits per heavy atom. The molecule has 0 saturated heterocycles. The molecule has 0 aliphatic heterocycles. The molecule has 0 spiro atoms. The van der Waals surface area contributed by atoms with Crippen molar-refractivity contribution in [2.24, 2.45) is 0 Å². The minimum Gasteiger partial charge on any atom is -0.490 e. The Labute approximate surface area is 157 Å². The second kappa shape index (κ2) is 8.40. The zero-order valence-corrected chi connectivity index (χ0v) is 15.4. The quantitative estimate of drug-likeness (QED) is 0.695. The van der Waals surface area contributed by atoms with E-state index in [0.717, 1.165) is 5.39 Å². The Morgan fingerprint density at radius 3 is 2.52 bits per heavy atom. The average Bonchev–Trinajstić information content (AvgIpc) is 2.67. The molecule has 27 heavy (non-hydrogen) atoms. The van der Waals surface area contributed by atoms with Crippen molar-refractivity contribution in [1.29, 1.82) is 0 Å². The standard InChI is InChI=1S/C21H22N2O4/c1-3-26-18-10-9-16(13-19(18)27-4-2)22-20(24)14-23-12-11-15-7-5-6-8-17(15)21(23)25/h5-13H,3-4,14H2,1-2H3,(H,22,24). The van der Waals surface area contributed by atoms with Crippen molar-refractivity contribution in [2.45, 2.75) is 20.4 Å². The highest BCUT2D eigenvalue weighted by atomic mass is 16.5. The number of hydrogen-bond donors (Lipinski definition) is 1. The van der Waals surface area contributed by atoms with Gasteiger partial charge in [-0.2, -0.15) is 0 Å². The molecule has 3 rings (SSSR count). The lowest BCUT2D eigenvalue weighted by Crippen LogP contribution is -2.27. The van der Waals surface area contributed by atoms with Crippen molar-refractivity contribution in [2.75, 3.05) is 18.5 Å². The van der Waals surface area contributed by atoms with Crippen molar-refractivity contribution >= 4 is 22.4 Å². The van der Waals surface area contributed by atoms with Gasteiger partial charge in [0.05, 0.1) is 13.2 Å². The van der Waals surface area contributed by atoms with Crippen LogP contribution < -0.4 is 20.3 Å². The molecule has 2 aromatic carbocycles. The Bertz CT molecular complexity index is 1010. The second-order valence-corrected chi connectivity index (χ2v) is 5.91. The van der Waals surface area contributed by atoms with Gasteiger partial charge in [-0.25, -0.2) is 0 Å². The number of anilines is 1. The van der Waals surface area contributed by atoms with E-state index >= 15 is 0 Å². The number of carbonyl (C=O) groups excluding carboxylic acids is 1. The number of fused-ring (bicyclic) bond motifs is 1. The normalized spacial score (nSPS) is 10.6. The number of nitrogens with one attached hydrogen (secondary N) is 1. The van der Waals surface area contributed by atoms with Crippen LogP contribution in [0.4, 0.5) is 5.69 Å². The SMILES string of the molecule is CCOc1ccc(NC(=O)Cn2ccc3ccccc3c2=O)cc1OCC. The number of nitrogens with zero attached hydrogens (tertiary/aromatic N) is 1. The maximum atomic E-state index is 12.5. The zero-order chi connectivity index (χ0) is 19.2. The lowest BCUT2D eigenvalue weighted by atomic mass is 10.2. The van der Waals surface area contributed by atoms with Gasteiger partial charge in [0.25, 0.3) is 5.56 Å². The Hall–Kier alpha value is -3.28. The Balaban J connectivity index is 1.77. The summed E-state index contributed by atoms with van der Waals surface area (Å²) in [5.41, 5.74) is 0.394. The van der Waals surface area contributed by atoms with Crippen LogP contribution in [0, 0.1) is 0 Å². The smallest absolute Gasteiger partial charge is 0.258 e. The van der Waals surface area contributed by atoms with Crippen LogP contribution in [-0.2, 0) is 11.3 Å². The third-order valence-electron chi connectivity index (χ3n) is 4.03. The number of amides is 1. The van der Waals surface area contributed by atoms with Crippen molar-refractivity contribution in [3.05, 3.63) is 65.1 Å². The van der Waals surface area contributed by atoms with Crippen molar-refractivity contribution in [3.8, 4) is 11.5 Å². The van der Waals surface area contributed by atoms with Crippen molar-refractivity contribution in [3.63, 3.8) is 0 Å². The number of rotatable bonds is 7. The van der Waals surface area contributed by atoms with Crippen LogP contribution >= 0.6 is 0 Å². The summed E-state index contributed by atoms with van der Waals surface area (Å²) in [6.45, 7) is 4.72. The molecule has 0 aliphatic rings. The van der Waals surface area contributed by atoms with Crippen LogP contribution in [0.1, 0.15) is 13.8 Å². The molecular formula is C21H22N2O4. The average molecular weight is 366 g/mol. The molecule has 0 atom stereocenters. The maximum Gasteiger partial charge on any atom is 0.258 e. The van der Waals surface area contributed by atoms with Crippen LogP contribution in [0.25, 0.3) is 10.8 Å². The molecule has 1 aromatic heterocycles. The predicted molar refractivity (Wildman–Crippen MR) is 106 cm³/mol. The zero-order valence-electron chi connectivity index (χ0n) is 15.4. The molecule has 3 aromatic rings. The van der Waals surface area contributed by atoms with Crippen molar-refractivity contribution in [1.82, 2.24) is 4.57 Å². The highest BCUT2D eigenvalue weighted by Gasteiger charge is 2.10. The highest BCUT2D eigenvalue weighted by Crippen LogP contribution is 2.30. The van der Waals surface area contributed by atoms with E-state index in [9.17, 15) is 9.59 Å². The molecular weight excluding hydrogens is 344 g/mol. The van der Waals surface area contributed by atoms with Gasteiger partial charge in [-0.15, -0.1) is 0 Å². The Kier molecular flexibility index (Phi) is 5.76. The van der Waals surface area contributed by atoms with Gasteiger partial charge in [-0.05, 0) is 43.5 Å². The van der Waals surface area contributed by atoms with Gasteiger partial charge in [0.15, 0.2) is 11.5 Å². The molecule has 6 nitrogen and oxygen atoms in total. The number of hydrogen-bond acceptors (Lipinski definition) is 4. The highest BCUT2D eigenvalue weighted by molar-refractivity contribution is 5.91. The summed E-state index contributed by atoms with van der Waals surface area (Å²) in [5.74, 6) is 0.905. The van der Waals surface area contributed by atoms with E-state index in [2.05, 4.69) is 5.32 Å². The molecule has 140 valence electrons. The van der Waals surface area contributed by atoms with Gasteiger partial charge in [0.2, 0.25) is 5.91 Å². The second-order valence-electron chi connectivity index (χ2n) is 5.91. The molecule has 1 N–H and O–H groups in total. The van der Waals surface area contributed by atoms with Crippen LogP contribution in [0.15, 0.2) is 59.5 Å². The van der Waals surface area contributed by atoms with Gasteiger partial charge in [0.1, 0.15) is 6.54 Å². The van der Waals surface area contributed by atoms with E-state index in [4.69, 9.17) is 9.47 Å². The topological polar surface area (TPSA) is 69.6 Å². The maximum absolute atomic E-state index is 12.5. The lowest BCUT2D eigenvalue weighted by Gasteiger charge is -2.13. The van der Waals surface area contributed by atoms with E-state index in [1.807, 2.05) is 38.1 Å². The van der Waals surface area contributed by atoms with Crippen molar-refractivity contribution < 1.29 is 14.3 Å². The first-order valence-corrected chi connectivity index (χ1v) is 8.90. The number of pyridine rings is 1.